The Bertz CT molecular complexity index is 386. The van der Waals surface area contributed by atoms with Gasteiger partial charge in [0.05, 0.1) is 5.25 Å². The summed E-state index contributed by atoms with van der Waals surface area (Å²) in [4.78, 5) is 11.3. The maximum Gasteiger partial charge on any atom is 0.296 e. The van der Waals surface area contributed by atoms with Crippen molar-refractivity contribution in [1.82, 2.24) is 4.72 Å². The number of hydrogen-bond acceptors (Lipinski definition) is 4. The number of carbonyl (C=O) groups excluding carboxylic acids is 1. The summed E-state index contributed by atoms with van der Waals surface area (Å²) in [6, 6.07) is 0. The van der Waals surface area contributed by atoms with Crippen molar-refractivity contribution in [2.75, 3.05) is 0 Å². The standard InChI is InChI=1S/C12H21NO3S2/c1-2-3-4-5-6-7-10-17-12(14)13-18(15,16)11-8-9-11/h7,10-11H,2-6,8-9H2,1H3,(H,13,14)/b10-7-. The largest absolute Gasteiger partial charge is 0.296 e. The molecule has 18 heavy (non-hydrogen) atoms. The molecule has 4 nitrogen and oxygen atoms in total. The van der Waals surface area contributed by atoms with Gasteiger partial charge in [-0.25, -0.2) is 13.1 Å². The molecular weight excluding hydrogens is 270 g/mol. The van der Waals surface area contributed by atoms with Crippen LogP contribution in [0.15, 0.2) is 11.5 Å². The fraction of sp³-hybridized carbons (Fsp3) is 0.750. The van der Waals surface area contributed by atoms with E-state index in [0.29, 0.717) is 12.8 Å². The molecule has 0 spiro atoms. The number of allylic oxidation sites excluding steroid dienone is 1. The highest BCUT2D eigenvalue weighted by atomic mass is 32.2. The van der Waals surface area contributed by atoms with Gasteiger partial charge in [0.25, 0.3) is 5.24 Å². The Kier molecular flexibility index (Phi) is 6.78. The lowest BCUT2D eigenvalue weighted by atomic mass is 10.2. The number of rotatable bonds is 8. The monoisotopic (exact) mass is 291 g/mol. The zero-order chi connectivity index (χ0) is 13.4. The van der Waals surface area contributed by atoms with Crippen LogP contribution in [0.4, 0.5) is 4.79 Å². The number of nitrogens with one attached hydrogen (secondary N) is 1. The van der Waals surface area contributed by atoms with E-state index in [1.807, 2.05) is 6.08 Å². The number of hydrogen-bond donors (Lipinski definition) is 1. The van der Waals surface area contributed by atoms with Crippen molar-refractivity contribution in [2.24, 2.45) is 0 Å². The highest BCUT2D eigenvalue weighted by molar-refractivity contribution is 8.17. The first-order chi connectivity index (χ1) is 8.56. The lowest BCUT2D eigenvalue weighted by Crippen LogP contribution is -2.30. The van der Waals surface area contributed by atoms with Crippen LogP contribution in [0.3, 0.4) is 0 Å². The molecule has 6 heteroatoms. The summed E-state index contributed by atoms with van der Waals surface area (Å²) >= 11 is 0.903. The van der Waals surface area contributed by atoms with Gasteiger partial charge >= 0.3 is 0 Å². The number of thioether (sulfide) groups is 1. The minimum Gasteiger partial charge on any atom is -0.260 e. The summed E-state index contributed by atoms with van der Waals surface area (Å²) in [6.45, 7) is 2.16. The highest BCUT2D eigenvalue weighted by Gasteiger charge is 2.36. The topological polar surface area (TPSA) is 63.2 Å². The maximum absolute atomic E-state index is 11.4. The van der Waals surface area contributed by atoms with Crippen molar-refractivity contribution in [3.63, 3.8) is 0 Å². The van der Waals surface area contributed by atoms with E-state index in [2.05, 4.69) is 11.6 Å². The normalized spacial score (nSPS) is 16.1. The van der Waals surface area contributed by atoms with Gasteiger partial charge in [0.1, 0.15) is 0 Å². The molecule has 104 valence electrons. The Morgan fingerprint density at radius 2 is 2.06 bits per heavy atom. The van der Waals surface area contributed by atoms with Crippen LogP contribution >= 0.6 is 11.8 Å². The van der Waals surface area contributed by atoms with Crippen LogP contribution in [0.2, 0.25) is 0 Å². The molecule has 0 aromatic heterocycles. The van der Waals surface area contributed by atoms with Gasteiger partial charge in [-0.1, -0.05) is 32.3 Å². The van der Waals surface area contributed by atoms with Gasteiger partial charge in [0.2, 0.25) is 10.0 Å². The van der Waals surface area contributed by atoms with Gasteiger partial charge in [0.15, 0.2) is 0 Å². The van der Waals surface area contributed by atoms with E-state index in [1.165, 1.54) is 19.3 Å². The Labute approximate surface area is 114 Å². The molecule has 1 aliphatic rings. The summed E-state index contributed by atoms with van der Waals surface area (Å²) in [5, 5.41) is 0.816. The Hall–Kier alpha value is -0.490. The average Bonchev–Trinajstić information content (AvgIpc) is 3.11. The smallest absolute Gasteiger partial charge is 0.260 e. The molecule has 0 heterocycles. The van der Waals surface area contributed by atoms with Gasteiger partial charge < -0.3 is 0 Å². The molecule has 1 saturated carbocycles. The van der Waals surface area contributed by atoms with Crippen molar-refractivity contribution in [1.29, 1.82) is 0 Å². The van der Waals surface area contributed by atoms with Gasteiger partial charge in [-0.15, -0.1) is 0 Å². The fourth-order valence-corrected chi connectivity index (χ4v) is 3.52. The van der Waals surface area contributed by atoms with Crippen molar-refractivity contribution < 1.29 is 13.2 Å². The third-order valence-electron chi connectivity index (χ3n) is 2.68. The molecule has 1 amide bonds. The van der Waals surface area contributed by atoms with E-state index >= 15 is 0 Å². The second kappa shape index (κ2) is 7.84. The number of amides is 1. The predicted molar refractivity (Wildman–Crippen MR) is 76.0 cm³/mol. The van der Waals surface area contributed by atoms with E-state index in [9.17, 15) is 13.2 Å². The first kappa shape index (κ1) is 15.6. The molecule has 1 aliphatic carbocycles. The summed E-state index contributed by atoms with van der Waals surface area (Å²) in [7, 11) is -3.40. The molecule has 1 N–H and O–H groups in total. The highest BCUT2D eigenvalue weighted by Crippen LogP contribution is 2.27. The summed E-state index contributed by atoms with van der Waals surface area (Å²) < 4.78 is 25.0. The van der Waals surface area contributed by atoms with E-state index in [1.54, 1.807) is 5.41 Å². The Balaban J connectivity index is 2.11. The Morgan fingerprint density at radius 3 is 2.67 bits per heavy atom. The molecule has 0 aliphatic heterocycles. The molecule has 0 radical (unpaired) electrons. The van der Waals surface area contributed by atoms with Gasteiger partial charge in [0, 0.05) is 0 Å². The van der Waals surface area contributed by atoms with Crippen LogP contribution in [0.5, 0.6) is 0 Å². The molecule has 0 unspecified atom stereocenters. The van der Waals surface area contributed by atoms with E-state index < -0.39 is 15.3 Å². The molecule has 0 aromatic rings. The average molecular weight is 291 g/mol. The van der Waals surface area contributed by atoms with Crippen LogP contribution in [-0.4, -0.2) is 18.9 Å². The summed E-state index contributed by atoms with van der Waals surface area (Å²) in [6.07, 6.45) is 8.96. The summed E-state index contributed by atoms with van der Waals surface area (Å²) in [5.41, 5.74) is 0. The van der Waals surface area contributed by atoms with Crippen LogP contribution in [0.1, 0.15) is 51.9 Å². The minimum absolute atomic E-state index is 0.347. The second-order valence-electron chi connectivity index (χ2n) is 4.47. The molecule has 0 saturated heterocycles. The van der Waals surface area contributed by atoms with Gasteiger partial charge in [-0.05, 0) is 42.9 Å². The lowest BCUT2D eigenvalue weighted by molar-refractivity contribution is 0.265. The maximum atomic E-state index is 11.4. The van der Waals surface area contributed by atoms with E-state index in [4.69, 9.17) is 0 Å². The first-order valence-electron chi connectivity index (χ1n) is 6.43. The lowest BCUT2D eigenvalue weighted by Gasteiger charge is -2.02. The fourth-order valence-electron chi connectivity index (χ4n) is 1.47. The van der Waals surface area contributed by atoms with Crippen molar-refractivity contribution in [3.05, 3.63) is 11.5 Å². The molecular formula is C12H21NO3S2. The number of unbranched alkanes of at least 4 members (excludes halogenated alkanes) is 4. The minimum atomic E-state index is -3.40. The van der Waals surface area contributed by atoms with Crippen LogP contribution in [0.25, 0.3) is 0 Å². The van der Waals surface area contributed by atoms with Crippen molar-refractivity contribution in [3.8, 4) is 0 Å². The quantitative estimate of drug-likeness (QED) is 0.696. The van der Waals surface area contributed by atoms with Crippen molar-refractivity contribution >= 4 is 27.0 Å². The molecule has 0 aromatic carbocycles. The third kappa shape index (κ3) is 6.44. The third-order valence-corrected chi connectivity index (χ3v) is 5.28. The first-order valence-corrected chi connectivity index (χ1v) is 8.86. The molecule has 0 atom stereocenters. The Morgan fingerprint density at radius 1 is 1.33 bits per heavy atom. The second-order valence-corrected chi connectivity index (χ2v) is 7.31. The zero-order valence-corrected chi connectivity index (χ0v) is 12.4. The van der Waals surface area contributed by atoms with E-state index in [-0.39, 0.29) is 5.25 Å². The molecule has 1 rings (SSSR count). The zero-order valence-electron chi connectivity index (χ0n) is 10.7. The summed E-state index contributed by atoms with van der Waals surface area (Å²) in [5.74, 6) is 0. The SMILES string of the molecule is CCCCCC/C=C\SC(=O)NS(=O)(=O)C1CC1. The van der Waals surface area contributed by atoms with Crippen LogP contribution < -0.4 is 4.72 Å². The van der Waals surface area contributed by atoms with E-state index in [0.717, 1.165) is 24.6 Å². The molecule has 0 bridgehead atoms. The van der Waals surface area contributed by atoms with Gasteiger partial charge in [-0.2, -0.15) is 0 Å². The number of sulfonamides is 1. The van der Waals surface area contributed by atoms with Gasteiger partial charge in [-0.3, -0.25) is 4.79 Å². The van der Waals surface area contributed by atoms with Crippen LogP contribution in [-0.2, 0) is 10.0 Å². The molecule has 1 fully saturated rings. The number of carbonyl (C=O) groups is 1. The predicted octanol–water partition coefficient (Wildman–Crippen LogP) is 3.41. The van der Waals surface area contributed by atoms with Crippen molar-refractivity contribution in [2.45, 2.75) is 57.1 Å². The van der Waals surface area contributed by atoms with Crippen LogP contribution in [0, 0.1) is 0 Å².